The van der Waals surface area contributed by atoms with E-state index in [4.69, 9.17) is 5.11 Å². The van der Waals surface area contributed by atoms with Crippen LogP contribution in [0.5, 0.6) is 0 Å². The first-order valence-corrected chi connectivity index (χ1v) is 3.63. The molecule has 3 heteroatoms. The molecule has 0 saturated heterocycles. The maximum absolute atomic E-state index is 8.75. The predicted octanol–water partition coefficient (Wildman–Crippen LogP) is 1.16. The van der Waals surface area contributed by atoms with Crippen molar-refractivity contribution in [3.8, 4) is 0 Å². The van der Waals surface area contributed by atoms with Crippen molar-refractivity contribution < 1.29 is 9.94 Å². The van der Waals surface area contributed by atoms with E-state index in [9.17, 15) is 0 Å². The molecule has 0 saturated carbocycles. The fourth-order valence-electron chi connectivity index (χ4n) is 0.823. The van der Waals surface area contributed by atoms with Crippen LogP contribution < -0.4 is 0 Å². The quantitative estimate of drug-likeness (QED) is 0.539. The van der Waals surface area contributed by atoms with Gasteiger partial charge in [-0.3, -0.25) is 0 Å². The number of rotatable bonds is 3. The summed E-state index contributed by atoms with van der Waals surface area (Å²) in [7, 11) is 1.50. The summed E-state index contributed by atoms with van der Waals surface area (Å²) in [5.41, 5.74) is 1.85. The molecule has 0 aliphatic rings. The molecule has 0 aromatic heterocycles. The second-order valence-electron chi connectivity index (χ2n) is 2.32. The number of hydrogen-bond acceptors (Lipinski definition) is 3. The third-order valence-corrected chi connectivity index (χ3v) is 1.47. The highest BCUT2D eigenvalue weighted by atomic mass is 16.6. The minimum Gasteiger partial charge on any atom is -0.399 e. The highest BCUT2D eigenvalue weighted by molar-refractivity contribution is 5.79. The second-order valence-corrected chi connectivity index (χ2v) is 2.32. The van der Waals surface area contributed by atoms with E-state index < -0.39 is 0 Å². The van der Waals surface area contributed by atoms with Crippen molar-refractivity contribution in [2.75, 3.05) is 7.11 Å². The zero-order valence-electron chi connectivity index (χ0n) is 6.90. The lowest BCUT2D eigenvalue weighted by atomic mass is 10.2. The van der Waals surface area contributed by atoms with Gasteiger partial charge in [0.2, 0.25) is 0 Å². The van der Waals surface area contributed by atoms with Crippen molar-refractivity contribution in [1.82, 2.24) is 0 Å². The molecule has 3 nitrogen and oxygen atoms in total. The Balaban J connectivity index is 2.71. The highest BCUT2D eigenvalue weighted by Crippen LogP contribution is 2.01. The van der Waals surface area contributed by atoms with Crippen LogP contribution in [-0.2, 0) is 11.4 Å². The molecule has 12 heavy (non-hydrogen) atoms. The largest absolute Gasteiger partial charge is 0.399 e. The number of nitrogens with zero attached hydrogens (tertiary/aromatic N) is 1. The lowest BCUT2D eigenvalue weighted by Crippen LogP contribution is -1.85. The van der Waals surface area contributed by atoms with Gasteiger partial charge in [0.25, 0.3) is 0 Å². The van der Waals surface area contributed by atoms with Crippen LogP contribution in [0.1, 0.15) is 11.1 Å². The van der Waals surface area contributed by atoms with Crippen LogP contribution in [0.4, 0.5) is 0 Å². The van der Waals surface area contributed by atoms with Gasteiger partial charge < -0.3 is 9.94 Å². The molecule has 0 spiro atoms. The molecule has 1 rings (SSSR count). The molecule has 0 aliphatic carbocycles. The van der Waals surface area contributed by atoms with E-state index >= 15 is 0 Å². The Labute approximate surface area is 71.3 Å². The topological polar surface area (TPSA) is 41.8 Å². The monoisotopic (exact) mass is 165 g/mol. The summed E-state index contributed by atoms with van der Waals surface area (Å²) in [4.78, 5) is 4.52. The third-order valence-electron chi connectivity index (χ3n) is 1.47. The summed E-state index contributed by atoms with van der Waals surface area (Å²) in [6.45, 7) is 0.0711. The Morgan fingerprint density at radius 1 is 1.42 bits per heavy atom. The van der Waals surface area contributed by atoms with Crippen LogP contribution in [0.2, 0.25) is 0 Å². The van der Waals surface area contributed by atoms with Crippen molar-refractivity contribution in [1.29, 1.82) is 0 Å². The Kier molecular flexibility index (Phi) is 3.29. The van der Waals surface area contributed by atoms with Crippen molar-refractivity contribution in [2.24, 2.45) is 5.16 Å². The SMILES string of the molecule is CO/N=C/c1ccc(CO)cc1. The number of benzene rings is 1. The zero-order valence-corrected chi connectivity index (χ0v) is 6.90. The number of oxime groups is 1. The predicted molar refractivity (Wildman–Crippen MR) is 47.0 cm³/mol. The minimum absolute atomic E-state index is 0.0711. The van der Waals surface area contributed by atoms with E-state index in [0.29, 0.717) is 0 Å². The summed E-state index contributed by atoms with van der Waals surface area (Å²) < 4.78 is 0. The molecule has 0 unspecified atom stereocenters. The molecule has 0 bridgehead atoms. The molecular formula is C9H11NO2. The van der Waals surface area contributed by atoms with Crippen LogP contribution in [0.15, 0.2) is 29.4 Å². The van der Waals surface area contributed by atoms with Crippen LogP contribution in [0.3, 0.4) is 0 Å². The summed E-state index contributed by atoms with van der Waals surface area (Å²) >= 11 is 0. The molecule has 0 aliphatic heterocycles. The minimum atomic E-state index is 0.0711. The van der Waals surface area contributed by atoms with E-state index in [1.54, 1.807) is 6.21 Å². The van der Waals surface area contributed by atoms with Crippen LogP contribution in [-0.4, -0.2) is 18.4 Å². The van der Waals surface area contributed by atoms with Crippen molar-refractivity contribution in [2.45, 2.75) is 6.61 Å². The van der Waals surface area contributed by atoms with Gasteiger partial charge in [0.1, 0.15) is 7.11 Å². The molecule has 64 valence electrons. The zero-order chi connectivity index (χ0) is 8.81. The van der Waals surface area contributed by atoms with Gasteiger partial charge in [-0.2, -0.15) is 0 Å². The number of aliphatic hydroxyl groups is 1. The molecule has 1 N–H and O–H groups in total. The van der Waals surface area contributed by atoms with E-state index in [-0.39, 0.29) is 6.61 Å². The van der Waals surface area contributed by atoms with E-state index in [0.717, 1.165) is 11.1 Å². The fourth-order valence-corrected chi connectivity index (χ4v) is 0.823. The maximum atomic E-state index is 8.75. The first-order chi connectivity index (χ1) is 5.86. The van der Waals surface area contributed by atoms with Gasteiger partial charge in [0.05, 0.1) is 12.8 Å². The van der Waals surface area contributed by atoms with Gasteiger partial charge in [-0.1, -0.05) is 29.4 Å². The van der Waals surface area contributed by atoms with E-state index in [2.05, 4.69) is 9.99 Å². The summed E-state index contributed by atoms with van der Waals surface area (Å²) in [5, 5.41) is 12.4. The third kappa shape index (κ3) is 2.36. The summed E-state index contributed by atoms with van der Waals surface area (Å²) in [5.74, 6) is 0. The van der Waals surface area contributed by atoms with Gasteiger partial charge in [0, 0.05) is 0 Å². The average molecular weight is 165 g/mol. The molecular weight excluding hydrogens is 154 g/mol. The summed E-state index contributed by atoms with van der Waals surface area (Å²) in [6, 6.07) is 7.43. The first kappa shape index (κ1) is 8.74. The molecule has 0 atom stereocenters. The van der Waals surface area contributed by atoms with E-state index in [1.165, 1.54) is 7.11 Å². The summed E-state index contributed by atoms with van der Waals surface area (Å²) in [6.07, 6.45) is 1.61. The normalized spacial score (nSPS) is 10.5. The molecule has 0 radical (unpaired) electrons. The van der Waals surface area contributed by atoms with Crippen LogP contribution >= 0.6 is 0 Å². The van der Waals surface area contributed by atoms with Gasteiger partial charge >= 0.3 is 0 Å². The van der Waals surface area contributed by atoms with Gasteiger partial charge in [-0.15, -0.1) is 0 Å². The number of aliphatic hydroxyl groups excluding tert-OH is 1. The van der Waals surface area contributed by atoms with Gasteiger partial charge in [0.15, 0.2) is 0 Å². The molecule has 1 aromatic rings. The lowest BCUT2D eigenvalue weighted by Gasteiger charge is -1.95. The van der Waals surface area contributed by atoms with Crippen molar-refractivity contribution in [3.63, 3.8) is 0 Å². The average Bonchev–Trinajstić information content (AvgIpc) is 2.15. The first-order valence-electron chi connectivity index (χ1n) is 3.63. The second kappa shape index (κ2) is 4.51. The van der Waals surface area contributed by atoms with Crippen molar-refractivity contribution in [3.05, 3.63) is 35.4 Å². The Morgan fingerprint density at radius 3 is 2.58 bits per heavy atom. The Hall–Kier alpha value is -1.35. The van der Waals surface area contributed by atoms with Crippen molar-refractivity contribution >= 4 is 6.21 Å². The molecule has 1 aromatic carbocycles. The van der Waals surface area contributed by atoms with Gasteiger partial charge in [-0.25, -0.2) is 0 Å². The van der Waals surface area contributed by atoms with E-state index in [1.807, 2.05) is 24.3 Å². The number of hydrogen-bond donors (Lipinski definition) is 1. The smallest absolute Gasteiger partial charge is 0.106 e. The lowest BCUT2D eigenvalue weighted by molar-refractivity contribution is 0.215. The molecule has 0 amide bonds. The van der Waals surface area contributed by atoms with Gasteiger partial charge in [-0.05, 0) is 11.1 Å². The maximum Gasteiger partial charge on any atom is 0.106 e. The fraction of sp³-hybridized carbons (Fsp3) is 0.222. The Bertz CT molecular complexity index is 254. The standard InChI is InChI=1S/C9H11NO2/c1-12-10-6-8-2-4-9(7-11)5-3-8/h2-6,11H,7H2,1H3/b10-6+. The Morgan fingerprint density at radius 2 is 2.08 bits per heavy atom. The van der Waals surface area contributed by atoms with Crippen LogP contribution in [0.25, 0.3) is 0 Å². The molecule has 0 fully saturated rings. The van der Waals surface area contributed by atoms with Crippen LogP contribution in [0, 0.1) is 0 Å². The molecule has 0 heterocycles. The highest BCUT2D eigenvalue weighted by Gasteiger charge is 1.89.